The number of hydrogen-bond donors (Lipinski definition) is 1. The minimum absolute atomic E-state index is 0.0763. The van der Waals surface area contributed by atoms with Gasteiger partial charge in [0.15, 0.2) is 0 Å². The summed E-state index contributed by atoms with van der Waals surface area (Å²) < 4.78 is 11.4. The number of amides is 1. The molecule has 2 saturated heterocycles. The average Bonchev–Trinajstić information content (AvgIpc) is 3.16. The molecule has 0 aromatic heterocycles. The van der Waals surface area contributed by atoms with E-state index in [2.05, 4.69) is 11.8 Å². The Morgan fingerprint density at radius 2 is 1.83 bits per heavy atom. The van der Waals surface area contributed by atoms with E-state index < -0.39 is 17.7 Å². The highest BCUT2D eigenvalue weighted by Crippen LogP contribution is 2.40. The van der Waals surface area contributed by atoms with Gasteiger partial charge in [-0.15, -0.1) is 0 Å². The van der Waals surface area contributed by atoms with Gasteiger partial charge < -0.3 is 19.5 Å². The number of rotatable bonds is 10. The van der Waals surface area contributed by atoms with Crippen molar-refractivity contribution < 1.29 is 24.2 Å². The molecule has 0 aliphatic carbocycles. The largest absolute Gasteiger partial charge is 0.507 e. The first kappa shape index (κ1) is 26.2. The maximum absolute atomic E-state index is 13.3. The van der Waals surface area contributed by atoms with Crippen LogP contribution in [0, 0.1) is 0 Å². The number of benzene rings is 2. The first-order chi connectivity index (χ1) is 17.5. The summed E-state index contributed by atoms with van der Waals surface area (Å²) in [5.74, 6) is -0.839. The molecule has 4 rings (SSSR count). The number of nitrogens with zero attached hydrogens (tertiary/aromatic N) is 2. The number of ketones is 1. The topological polar surface area (TPSA) is 79.3 Å². The van der Waals surface area contributed by atoms with Gasteiger partial charge in [0.05, 0.1) is 31.4 Å². The van der Waals surface area contributed by atoms with Crippen molar-refractivity contribution in [2.24, 2.45) is 0 Å². The molecule has 2 heterocycles. The number of carbonyl (C=O) groups excluding carboxylic acids is 2. The van der Waals surface area contributed by atoms with Crippen LogP contribution in [0.2, 0.25) is 5.02 Å². The van der Waals surface area contributed by atoms with E-state index >= 15 is 0 Å². The lowest BCUT2D eigenvalue weighted by molar-refractivity contribution is -0.140. The van der Waals surface area contributed by atoms with Crippen LogP contribution in [0.5, 0.6) is 5.75 Å². The van der Waals surface area contributed by atoms with E-state index in [9.17, 15) is 14.7 Å². The van der Waals surface area contributed by atoms with Crippen molar-refractivity contribution in [2.45, 2.75) is 32.2 Å². The molecule has 0 radical (unpaired) electrons. The number of likely N-dealkylation sites (tertiary alicyclic amines) is 1. The van der Waals surface area contributed by atoms with Crippen molar-refractivity contribution in [1.29, 1.82) is 0 Å². The van der Waals surface area contributed by atoms with Gasteiger partial charge >= 0.3 is 0 Å². The van der Waals surface area contributed by atoms with Crippen molar-refractivity contribution in [2.75, 3.05) is 46.0 Å². The molecule has 192 valence electrons. The fraction of sp³-hybridized carbons (Fsp3) is 0.429. The van der Waals surface area contributed by atoms with Crippen molar-refractivity contribution in [3.05, 3.63) is 70.3 Å². The maximum atomic E-state index is 13.3. The second-order valence-corrected chi connectivity index (χ2v) is 9.52. The van der Waals surface area contributed by atoms with Crippen LogP contribution in [0.25, 0.3) is 5.76 Å². The Balaban J connectivity index is 1.68. The number of Topliss-reactive ketones (excluding diaryl/α,β-unsaturated/α-hetero) is 1. The predicted octanol–water partition coefficient (Wildman–Crippen LogP) is 4.66. The third-order valence-corrected chi connectivity index (χ3v) is 6.86. The Morgan fingerprint density at radius 3 is 2.56 bits per heavy atom. The first-order valence-electron chi connectivity index (χ1n) is 12.6. The summed E-state index contributed by atoms with van der Waals surface area (Å²) in [5, 5.41) is 11.7. The quantitative estimate of drug-likeness (QED) is 0.216. The van der Waals surface area contributed by atoms with Gasteiger partial charge in [0.1, 0.15) is 11.5 Å². The molecule has 2 aromatic rings. The molecule has 2 aliphatic rings. The van der Waals surface area contributed by atoms with Gasteiger partial charge in [-0.05, 0) is 48.4 Å². The van der Waals surface area contributed by atoms with E-state index in [-0.39, 0.29) is 11.3 Å². The van der Waals surface area contributed by atoms with Gasteiger partial charge in [-0.1, -0.05) is 43.5 Å². The monoisotopic (exact) mass is 512 g/mol. The highest BCUT2D eigenvalue weighted by Gasteiger charge is 2.46. The van der Waals surface area contributed by atoms with Crippen molar-refractivity contribution in [3.8, 4) is 5.75 Å². The molecule has 2 aliphatic heterocycles. The van der Waals surface area contributed by atoms with Crippen LogP contribution in [0.1, 0.15) is 43.4 Å². The molecular formula is C28H33ClN2O5. The Kier molecular flexibility index (Phi) is 9.02. The van der Waals surface area contributed by atoms with Crippen molar-refractivity contribution >= 4 is 29.1 Å². The molecule has 0 bridgehead atoms. The Labute approximate surface area is 217 Å². The van der Waals surface area contributed by atoms with Gasteiger partial charge in [0.25, 0.3) is 11.7 Å². The minimum Gasteiger partial charge on any atom is -0.507 e. The molecular weight excluding hydrogens is 480 g/mol. The van der Waals surface area contributed by atoms with Crippen LogP contribution in [0.15, 0.2) is 54.1 Å². The number of aliphatic hydroxyl groups is 1. The molecule has 8 heteroatoms. The fourth-order valence-electron chi connectivity index (χ4n) is 4.61. The van der Waals surface area contributed by atoms with Crippen LogP contribution in [-0.2, 0) is 14.3 Å². The van der Waals surface area contributed by atoms with E-state index in [1.807, 2.05) is 24.3 Å². The van der Waals surface area contributed by atoms with E-state index in [0.29, 0.717) is 49.2 Å². The van der Waals surface area contributed by atoms with E-state index in [0.717, 1.165) is 37.9 Å². The maximum Gasteiger partial charge on any atom is 0.295 e. The van der Waals surface area contributed by atoms with E-state index in [4.69, 9.17) is 21.1 Å². The Bertz CT molecular complexity index is 1100. The highest BCUT2D eigenvalue weighted by molar-refractivity contribution is 6.46. The zero-order valence-electron chi connectivity index (χ0n) is 20.6. The van der Waals surface area contributed by atoms with Gasteiger partial charge in [0, 0.05) is 36.8 Å². The normalized spacial score (nSPS) is 20.2. The first-order valence-corrected chi connectivity index (χ1v) is 12.9. The SMILES string of the molecule is CCCCCOc1cccc(C2/C(=C(\O)c3ccc(Cl)cc3)C(=O)C(=O)N2CCN2CCOCC2)c1. The fourth-order valence-corrected chi connectivity index (χ4v) is 4.74. The summed E-state index contributed by atoms with van der Waals surface area (Å²) in [5.41, 5.74) is 1.23. The van der Waals surface area contributed by atoms with Gasteiger partial charge in [-0.3, -0.25) is 14.5 Å². The lowest BCUT2D eigenvalue weighted by atomic mass is 9.95. The molecule has 2 fully saturated rings. The lowest BCUT2D eigenvalue weighted by Crippen LogP contribution is -2.42. The number of halogens is 1. The predicted molar refractivity (Wildman–Crippen MR) is 139 cm³/mol. The Morgan fingerprint density at radius 1 is 1.08 bits per heavy atom. The summed E-state index contributed by atoms with van der Waals surface area (Å²) >= 11 is 6.01. The van der Waals surface area contributed by atoms with Gasteiger partial charge in [0.2, 0.25) is 0 Å². The van der Waals surface area contributed by atoms with Crippen molar-refractivity contribution in [3.63, 3.8) is 0 Å². The number of ether oxygens (including phenoxy) is 2. The smallest absolute Gasteiger partial charge is 0.295 e. The van der Waals surface area contributed by atoms with Crippen molar-refractivity contribution in [1.82, 2.24) is 9.80 Å². The van der Waals surface area contributed by atoms with Crippen LogP contribution in [-0.4, -0.2) is 72.6 Å². The molecule has 2 aromatic carbocycles. The number of carbonyl (C=O) groups is 2. The molecule has 0 saturated carbocycles. The molecule has 1 N–H and O–H groups in total. The molecule has 1 unspecified atom stereocenters. The number of morpholine rings is 1. The average molecular weight is 513 g/mol. The van der Waals surface area contributed by atoms with Gasteiger partial charge in [-0.2, -0.15) is 0 Å². The molecule has 0 spiro atoms. The second kappa shape index (κ2) is 12.4. The summed E-state index contributed by atoms with van der Waals surface area (Å²) in [6.07, 6.45) is 3.14. The summed E-state index contributed by atoms with van der Waals surface area (Å²) in [6.45, 7) is 6.56. The van der Waals surface area contributed by atoms with Crippen LogP contribution in [0.3, 0.4) is 0 Å². The number of aliphatic hydroxyl groups excluding tert-OH is 1. The second-order valence-electron chi connectivity index (χ2n) is 9.08. The standard InChI is InChI=1S/C28H33ClN2O5/c1-2-3-4-16-36-23-7-5-6-21(19-23)25-24(26(32)20-8-10-22(29)11-9-20)27(33)28(34)31(25)13-12-30-14-17-35-18-15-30/h5-11,19,25,32H,2-4,12-18H2,1H3/b26-24+. The zero-order valence-corrected chi connectivity index (χ0v) is 21.4. The molecule has 36 heavy (non-hydrogen) atoms. The number of hydrogen-bond acceptors (Lipinski definition) is 6. The molecule has 1 atom stereocenters. The molecule has 7 nitrogen and oxygen atoms in total. The summed E-state index contributed by atoms with van der Waals surface area (Å²) in [6, 6.07) is 13.3. The van der Waals surface area contributed by atoms with Gasteiger partial charge in [-0.25, -0.2) is 0 Å². The number of unbranched alkanes of at least 4 members (excludes halogenated alkanes) is 2. The van der Waals surface area contributed by atoms with Crippen LogP contribution in [0.4, 0.5) is 0 Å². The third-order valence-electron chi connectivity index (χ3n) is 6.61. The molecule has 1 amide bonds. The summed E-state index contributed by atoms with van der Waals surface area (Å²) in [4.78, 5) is 30.3. The summed E-state index contributed by atoms with van der Waals surface area (Å²) in [7, 11) is 0. The van der Waals surface area contributed by atoms with E-state index in [1.165, 1.54) is 0 Å². The third kappa shape index (κ3) is 6.09. The zero-order chi connectivity index (χ0) is 25.5. The van der Waals surface area contributed by atoms with Crippen LogP contribution < -0.4 is 4.74 Å². The Hall–Kier alpha value is -2.87. The minimum atomic E-state index is -0.721. The lowest BCUT2D eigenvalue weighted by Gasteiger charge is -2.31. The van der Waals surface area contributed by atoms with E-state index in [1.54, 1.807) is 29.2 Å². The van der Waals surface area contributed by atoms with Crippen LogP contribution >= 0.6 is 11.6 Å². The highest BCUT2D eigenvalue weighted by atomic mass is 35.5.